The summed E-state index contributed by atoms with van der Waals surface area (Å²) < 4.78 is 1.66. The van der Waals surface area contributed by atoms with Crippen molar-refractivity contribution in [3.8, 4) is 0 Å². The maximum Gasteiger partial charge on any atom is 0.233 e. The zero-order valence-electron chi connectivity index (χ0n) is 11.1. The van der Waals surface area contributed by atoms with E-state index < -0.39 is 5.41 Å². The van der Waals surface area contributed by atoms with Crippen LogP contribution in [0.3, 0.4) is 0 Å². The Labute approximate surface area is 108 Å². The van der Waals surface area contributed by atoms with Crippen molar-refractivity contribution in [2.75, 3.05) is 11.9 Å². The summed E-state index contributed by atoms with van der Waals surface area (Å²) >= 11 is 0. The number of rotatable bonds is 3. The normalized spacial score (nSPS) is 28.1. The van der Waals surface area contributed by atoms with Gasteiger partial charge in [0.25, 0.3) is 0 Å². The molecule has 1 amide bonds. The number of carbonyl (C=O) groups excluding carboxylic acids is 1. The number of hydrogen-bond acceptors (Lipinski definition) is 3. The summed E-state index contributed by atoms with van der Waals surface area (Å²) in [5, 5.41) is 6.99. The van der Waals surface area contributed by atoms with Gasteiger partial charge in [-0.25, -0.2) is 0 Å². The first kappa shape index (κ1) is 13.1. The van der Waals surface area contributed by atoms with Crippen molar-refractivity contribution in [1.82, 2.24) is 9.78 Å². The molecule has 5 nitrogen and oxygen atoms in total. The predicted molar refractivity (Wildman–Crippen MR) is 71.0 cm³/mol. The van der Waals surface area contributed by atoms with Gasteiger partial charge in [0.05, 0.1) is 11.6 Å². The number of nitrogens with two attached hydrogens (primary N) is 1. The van der Waals surface area contributed by atoms with Gasteiger partial charge in [-0.3, -0.25) is 9.48 Å². The van der Waals surface area contributed by atoms with Gasteiger partial charge in [0.15, 0.2) is 0 Å². The summed E-state index contributed by atoms with van der Waals surface area (Å²) in [6.45, 7) is 2.66. The molecule has 0 radical (unpaired) electrons. The van der Waals surface area contributed by atoms with Crippen LogP contribution in [0.4, 0.5) is 5.82 Å². The van der Waals surface area contributed by atoms with E-state index >= 15 is 0 Å². The van der Waals surface area contributed by atoms with Gasteiger partial charge in [0.1, 0.15) is 5.82 Å². The minimum atomic E-state index is -0.392. The van der Waals surface area contributed by atoms with Crippen LogP contribution in [0.5, 0.6) is 0 Å². The molecule has 0 atom stereocenters. The maximum absolute atomic E-state index is 12.4. The van der Waals surface area contributed by atoms with E-state index in [4.69, 9.17) is 5.73 Å². The van der Waals surface area contributed by atoms with Crippen LogP contribution in [0.1, 0.15) is 32.6 Å². The van der Waals surface area contributed by atoms with Crippen LogP contribution >= 0.6 is 0 Å². The molecule has 5 heteroatoms. The molecule has 1 aromatic rings. The van der Waals surface area contributed by atoms with Gasteiger partial charge in [0.2, 0.25) is 5.91 Å². The van der Waals surface area contributed by atoms with E-state index in [0.29, 0.717) is 12.5 Å². The van der Waals surface area contributed by atoms with Crippen molar-refractivity contribution < 1.29 is 4.79 Å². The third-order valence-electron chi connectivity index (χ3n) is 4.17. The molecule has 1 fully saturated rings. The zero-order chi connectivity index (χ0) is 13.2. The molecule has 0 bridgehead atoms. The molecule has 0 spiro atoms. The number of hydrogen-bond donors (Lipinski definition) is 2. The van der Waals surface area contributed by atoms with Gasteiger partial charge in [-0.2, -0.15) is 5.10 Å². The summed E-state index contributed by atoms with van der Waals surface area (Å²) in [4.78, 5) is 12.4. The molecule has 18 heavy (non-hydrogen) atoms. The van der Waals surface area contributed by atoms with Crippen LogP contribution in [0.2, 0.25) is 0 Å². The zero-order valence-corrected chi connectivity index (χ0v) is 11.1. The van der Waals surface area contributed by atoms with Crippen LogP contribution in [0.25, 0.3) is 0 Å². The van der Waals surface area contributed by atoms with Crippen LogP contribution in [0.15, 0.2) is 12.3 Å². The molecule has 0 unspecified atom stereocenters. The van der Waals surface area contributed by atoms with Gasteiger partial charge in [-0.1, -0.05) is 6.92 Å². The maximum atomic E-state index is 12.4. The van der Waals surface area contributed by atoms with Crippen molar-refractivity contribution in [1.29, 1.82) is 0 Å². The molecule has 0 aliphatic heterocycles. The van der Waals surface area contributed by atoms with E-state index in [2.05, 4.69) is 17.3 Å². The van der Waals surface area contributed by atoms with Crippen LogP contribution < -0.4 is 11.1 Å². The third-order valence-corrected chi connectivity index (χ3v) is 4.17. The highest BCUT2D eigenvalue weighted by molar-refractivity contribution is 5.94. The van der Waals surface area contributed by atoms with E-state index in [1.165, 1.54) is 0 Å². The van der Waals surface area contributed by atoms with Gasteiger partial charge < -0.3 is 11.1 Å². The van der Waals surface area contributed by atoms with Crippen molar-refractivity contribution >= 4 is 11.7 Å². The van der Waals surface area contributed by atoms with Crippen molar-refractivity contribution in [3.63, 3.8) is 0 Å². The lowest BCUT2D eigenvalue weighted by molar-refractivity contribution is -0.127. The minimum absolute atomic E-state index is 0.0421. The highest BCUT2D eigenvalue weighted by atomic mass is 16.2. The Morgan fingerprint density at radius 2 is 2.28 bits per heavy atom. The Bertz CT molecular complexity index is 418. The van der Waals surface area contributed by atoms with Crippen LogP contribution in [-0.4, -0.2) is 22.2 Å². The van der Waals surface area contributed by atoms with Gasteiger partial charge >= 0.3 is 0 Å². The molecule has 3 N–H and O–H groups in total. The van der Waals surface area contributed by atoms with E-state index in [-0.39, 0.29) is 5.91 Å². The summed E-state index contributed by atoms with van der Waals surface area (Å²) in [7, 11) is 1.81. The number of aromatic nitrogens is 2. The number of nitrogens with one attached hydrogen (secondary N) is 1. The first-order chi connectivity index (χ1) is 8.57. The Morgan fingerprint density at radius 3 is 2.78 bits per heavy atom. The number of carbonyl (C=O) groups is 1. The average molecular weight is 250 g/mol. The third kappa shape index (κ3) is 2.41. The topological polar surface area (TPSA) is 72.9 Å². The molecular weight excluding hydrogens is 228 g/mol. The lowest BCUT2D eigenvalue weighted by atomic mass is 9.70. The summed E-state index contributed by atoms with van der Waals surface area (Å²) in [5.74, 6) is 1.47. The molecular formula is C13H22N4O. The van der Waals surface area contributed by atoms with Crippen LogP contribution in [0, 0.1) is 11.3 Å². The highest BCUT2D eigenvalue weighted by Crippen LogP contribution is 2.38. The van der Waals surface area contributed by atoms with E-state index in [1.54, 1.807) is 16.9 Å². The molecule has 1 aromatic heterocycles. The second kappa shape index (κ2) is 5.10. The van der Waals surface area contributed by atoms with Crippen molar-refractivity contribution in [2.45, 2.75) is 32.6 Å². The Morgan fingerprint density at radius 1 is 1.61 bits per heavy atom. The average Bonchev–Trinajstić information content (AvgIpc) is 2.76. The van der Waals surface area contributed by atoms with Crippen LogP contribution in [-0.2, 0) is 11.8 Å². The predicted octanol–water partition coefficient (Wildman–Crippen LogP) is 1.51. The Hall–Kier alpha value is -1.36. The van der Waals surface area contributed by atoms with E-state index in [1.807, 2.05) is 7.05 Å². The molecule has 1 aliphatic rings. The Balaban J connectivity index is 2.08. The van der Waals surface area contributed by atoms with Gasteiger partial charge in [-0.05, 0) is 31.6 Å². The summed E-state index contributed by atoms with van der Waals surface area (Å²) in [6, 6.07) is 1.80. The molecule has 1 saturated carbocycles. The number of anilines is 1. The first-order valence-electron chi connectivity index (χ1n) is 6.57. The SMILES string of the molecule is CC1CCC(CN)(C(=O)Nc2ccnn2C)CC1. The summed E-state index contributed by atoms with van der Waals surface area (Å²) in [5.41, 5.74) is 5.48. The second-order valence-corrected chi connectivity index (χ2v) is 5.46. The lowest BCUT2D eigenvalue weighted by Gasteiger charge is -2.37. The fraction of sp³-hybridized carbons (Fsp3) is 0.692. The largest absolute Gasteiger partial charge is 0.329 e. The quantitative estimate of drug-likeness (QED) is 0.854. The molecule has 100 valence electrons. The highest BCUT2D eigenvalue weighted by Gasteiger charge is 2.40. The number of amides is 1. The first-order valence-corrected chi connectivity index (χ1v) is 6.57. The fourth-order valence-corrected chi connectivity index (χ4v) is 2.58. The Kier molecular flexibility index (Phi) is 3.71. The van der Waals surface area contributed by atoms with E-state index in [9.17, 15) is 4.79 Å². The lowest BCUT2D eigenvalue weighted by Crippen LogP contribution is -2.45. The smallest absolute Gasteiger partial charge is 0.233 e. The van der Waals surface area contributed by atoms with Gasteiger partial charge in [0, 0.05) is 19.7 Å². The monoisotopic (exact) mass is 250 g/mol. The van der Waals surface area contributed by atoms with E-state index in [0.717, 1.165) is 31.5 Å². The number of aryl methyl sites for hydroxylation is 1. The molecule has 2 rings (SSSR count). The summed E-state index contributed by atoms with van der Waals surface area (Å²) in [6.07, 6.45) is 5.60. The second-order valence-electron chi connectivity index (χ2n) is 5.46. The van der Waals surface area contributed by atoms with Gasteiger partial charge in [-0.15, -0.1) is 0 Å². The fourth-order valence-electron chi connectivity index (χ4n) is 2.58. The standard InChI is InChI=1S/C13H22N4O/c1-10-3-6-13(9-14,7-4-10)12(18)16-11-5-8-15-17(11)2/h5,8,10H,3-4,6-7,9,14H2,1-2H3,(H,16,18). The molecule has 1 heterocycles. The van der Waals surface area contributed by atoms with Crippen molar-refractivity contribution in [2.24, 2.45) is 24.1 Å². The number of nitrogens with zero attached hydrogens (tertiary/aromatic N) is 2. The molecule has 1 aliphatic carbocycles. The minimum Gasteiger partial charge on any atom is -0.329 e. The molecule has 0 saturated heterocycles. The van der Waals surface area contributed by atoms with Crippen molar-refractivity contribution in [3.05, 3.63) is 12.3 Å². The molecule has 0 aromatic carbocycles.